The summed E-state index contributed by atoms with van der Waals surface area (Å²) in [6.45, 7) is 2.02. The maximum Gasteiger partial charge on any atom is 0.276 e. The van der Waals surface area contributed by atoms with Gasteiger partial charge in [-0.15, -0.1) is 24.8 Å². The number of fused-ring (bicyclic) bond motifs is 1. The summed E-state index contributed by atoms with van der Waals surface area (Å²) < 4.78 is 0. The van der Waals surface area contributed by atoms with Gasteiger partial charge in [0.1, 0.15) is 11.3 Å². The molecule has 0 saturated carbocycles. The minimum absolute atomic E-state index is 0. The predicted molar refractivity (Wildman–Crippen MR) is 112 cm³/mol. The van der Waals surface area contributed by atoms with E-state index in [9.17, 15) is 4.79 Å². The Morgan fingerprint density at radius 3 is 2.67 bits per heavy atom. The fourth-order valence-electron chi connectivity index (χ4n) is 2.81. The fraction of sp³-hybridized carbons (Fsp3) is 0.105. The van der Waals surface area contributed by atoms with Crippen LogP contribution in [0.25, 0.3) is 17.1 Å². The quantitative estimate of drug-likeness (QED) is 0.584. The molecule has 0 fully saturated rings. The van der Waals surface area contributed by atoms with Gasteiger partial charge in [-0.25, -0.2) is 9.98 Å². The van der Waals surface area contributed by atoms with Crippen molar-refractivity contribution < 1.29 is 4.79 Å². The minimum atomic E-state index is -0.221. The average Bonchev–Trinajstić information content (AvgIpc) is 3.20. The predicted octanol–water partition coefficient (Wildman–Crippen LogP) is 3.58. The van der Waals surface area contributed by atoms with E-state index in [1.54, 1.807) is 12.3 Å². The lowest BCUT2D eigenvalue weighted by molar-refractivity contribution is -0.115. The second-order valence-electron chi connectivity index (χ2n) is 5.86. The first-order valence-electron chi connectivity index (χ1n) is 8.06. The monoisotopic (exact) mass is 403 g/mol. The van der Waals surface area contributed by atoms with Crippen LogP contribution in [0.15, 0.2) is 65.5 Å². The molecule has 1 amide bonds. The Morgan fingerprint density at radius 1 is 1.11 bits per heavy atom. The third kappa shape index (κ3) is 4.30. The highest BCUT2D eigenvalue weighted by Gasteiger charge is 2.21. The molecule has 1 atom stereocenters. The van der Waals surface area contributed by atoms with Crippen molar-refractivity contribution in [1.29, 1.82) is 0 Å². The number of benzene rings is 1. The molecule has 0 unspecified atom stereocenters. The molecule has 1 aromatic carbocycles. The summed E-state index contributed by atoms with van der Waals surface area (Å²) in [6.07, 6.45) is 5.31. The normalized spacial score (nSPS) is 15.5. The van der Waals surface area contributed by atoms with Crippen molar-refractivity contribution in [2.75, 3.05) is 0 Å². The molecular weight excluding hydrogens is 385 g/mol. The molecule has 1 aliphatic rings. The van der Waals surface area contributed by atoms with Gasteiger partial charge in [-0.2, -0.15) is 0 Å². The fourth-order valence-corrected chi connectivity index (χ4v) is 2.81. The van der Waals surface area contributed by atoms with Gasteiger partial charge in [0.05, 0.1) is 6.04 Å². The Morgan fingerprint density at radius 2 is 1.89 bits per heavy atom. The molecule has 0 spiro atoms. The number of guanidine groups is 1. The van der Waals surface area contributed by atoms with Crippen LogP contribution >= 0.6 is 24.8 Å². The van der Waals surface area contributed by atoms with Gasteiger partial charge in [-0.3, -0.25) is 10.1 Å². The lowest BCUT2D eigenvalue weighted by Gasteiger charge is -2.14. The lowest BCUT2D eigenvalue weighted by atomic mass is 10.1. The summed E-state index contributed by atoms with van der Waals surface area (Å²) in [5.74, 6) is 0.242. The number of pyridine rings is 1. The van der Waals surface area contributed by atoms with Crippen molar-refractivity contribution in [2.45, 2.75) is 13.0 Å². The Hall–Kier alpha value is -2.83. The first kappa shape index (κ1) is 20.5. The Balaban J connectivity index is 0.00000131. The molecule has 8 heteroatoms. The number of carbonyl (C=O) groups is 1. The standard InChI is InChI=1S/C19H17N5O.2ClH/c1-12(13-6-3-2-4-7-13)22-19-23-16(18(25)24-19)10-14-11-21-17-15(14)8-5-9-20-17;;/h2-12H,1H3,(H,20,21)(H2,22,23,24,25);2*1H/t12-;;/m1../s1. The van der Waals surface area contributed by atoms with Gasteiger partial charge in [0.15, 0.2) is 0 Å². The number of halogens is 2. The van der Waals surface area contributed by atoms with E-state index in [0.717, 1.165) is 22.2 Å². The molecule has 3 N–H and O–H groups in total. The van der Waals surface area contributed by atoms with Crippen molar-refractivity contribution in [2.24, 2.45) is 4.99 Å². The zero-order chi connectivity index (χ0) is 17.2. The highest BCUT2D eigenvalue weighted by Crippen LogP contribution is 2.20. The molecule has 0 radical (unpaired) electrons. The molecule has 6 nitrogen and oxygen atoms in total. The summed E-state index contributed by atoms with van der Waals surface area (Å²) >= 11 is 0. The largest absolute Gasteiger partial charge is 0.349 e. The van der Waals surface area contributed by atoms with Crippen molar-refractivity contribution in [3.63, 3.8) is 0 Å². The molecule has 3 aromatic rings. The number of hydrogen-bond donors (Lipinski definition) is 3. The number of H-pyrrole nitrogens is 1. The van der Waals surface area contributed by atoms with Gasteiger partial charge in [0.25, 0.3) is 5.91 Å². The maximum absolute atomic E-state index is 12.2. The van der Waals surface area contributed by atoms with Crippen LogP contribution in [-0.2, 0) is 4.79 Å². The van der Waals surface area contributed by atoms with Crippen LogP contribution in [0.1, 0.15) is 24.1 Å². The highest BCUT2D eigenvalue weighted by atomic mass is 35.5. The van der Waals surface area contributed by atoms with Crippen LogP contribution in [-0.4, -0.2) is 21.8 Å². The molecular formula is C19H19Cl2N5O. The Bertz CT molecular complexity index is 998. The number of aromatic amines is 1. The third-order valence-corrected chi connectivity index (χ3v) is 4.12. The maximum atomic E-state index is 12.2. The second-order valence-corrected chi connectivity index (χ2v) is 5.86. The molecule has 3 heterocycles. The highest BCUT2D eigenvalue weighted by molar-refractivity contribution is 6.14. The number of hydrogen-bond acceptors (Lipinski definition) is 4. The van der Waals surface area contributed by atoms with E-state index in [1.165, 1.54) is 0 Å². The lowest BCUT2D eigenvalue weighted by Crippen LogP contribution is -2.37. The summed E-state index contributed by atoms with van der Waals surface area (Å²) in [5.41, 5.74) is 3.16. The van der Waals surface area contributed by atoms with Crippen LogP contribution in [0.2, 0.25) is 0 Å². The van der Waals surface area contributed by atoms with Crippen LogP contribution in [0.5, 0.6) is 0 Å². The van der Waals surface area contributed by atoms with Crippen molar-refractivity contribution in [3.8, 4) is 0 Å². The number of aromatic nitrogens is 2. The second kappa shape index (κ2) is 8.70. The van der Waals surface area contributed by atoms with Gasteiger partial charge in [0.2, 0.25) is 5.96 Å². The van der Waals surface area contributed by atoms with Gasteiger partial charge >= 0.3 is 0 Å². The molecule has 2 aromatic heterocycles. The SMILES string of the molecule is C[C@@H](NC1=NC(=Cc2c[nH]c3ncccc23)C(=O)N1)c1ccccc1.Cl.Cl. The summed E-state index contributed by atoms with van der Waals surface area (Å²) in [6, 6.07) is 13.9. The van der Waals surface area contributed by atoms with Crippen LogP contribution in [0.4, 0.5) is 0 Å². The van der Waals surface area contributed by atoms with Gasteiger partial charge in [0, 0.05) is 23.3 Å². The zero-order valence-corrected chi connectivity index (χ0v) is 16.1. The van der Waals surface area contributed by atoms with Crippen molar-refractivity contribution in [3.05, 3.63) is 71.7 Å². The number of nitrogens with one attached hydrogen (secondary N) is 3. The minimum Gasteiger partial charge on any atom is -0.349 e. The summed E-state index contributed by atoms with van der Waals surface area (Å²) in [4.78, 5) is 23.9. The third-order valence-electron chi connectivity index (χ3n) is 4.12. The average molecular weight is 404 g/mol. The van der Waals surface area contributed by atoms with E-state index in [-0.39, 0.29) is 36.8 Å². The molecule has 1 aliphatic heterocycles. The Labute approximate surface area is 169 Å². The van der Waals surface area contributed by atoms with Gasteiger partial charge in [-0.05, 0) is 30.7 Å². The molecule has 4 rings (SSSR count). The van der Waals surface area contributed by atoms with Crippen LogP contribution < -0.4 is 10.6 Å². The van der Waals surface area contributed by atoms with Gasteiger partial charge in [-0.1, -0.05) is 30.3 Å². The first-order valence-corrected chi connectivity index (χ1v) is 8.06. The number of amides is 1. The number of rotatable bonds is 3. The summed E-state index contributed by atoms with van der Waals surface area (Å²) in [5, 5.41) is 6.96. The number of aliphatic imine (C=N–C) groups is 1. The van der Waals surface area contributed by atoms with Crippen molar-refractivity contribution >= 4 is 53.8 Å². The van der Waals surface area contributed by atoms with E-state index in [0.29, 0.717) is 11.7 Å². The molecule has 0 aliphatic carbocycles. The number of nitrogens with zero attached hydrogens (tertiary/aromatic N) is 2. The topological polar surface area (TPSA) is 82.2 Å². The van der Waals surface area contributed by atoms with Crippen LogP contribution in [0.3, 0.4) is 0 Å². The van der Waals surface area contributed by atoms with Gasteiger partial charge < -0.3 is 10.3 Å². The van der Waals surface area contributed by atoms with E-state index in [4.69, 9.17) is 0 Å². The van der Waals surface area contributed by atoms with E-state index >= 15 is 0 Å². The van der Waals surface area contributed by atoms with E-state index in [1.807, 2.05) is 55.6 Å². The van der Waals surface area contributed by atoms with E-state index in [2.05, 4.69) is 25.6 Å². The number of carbonyl (C=O) groups excluding carboxylic acids is 1. The molecule has 0 bridgehead atoms. The Kier molecular flexibility index (Phi) is 6.60. The van der Waals surface area contributed by atoms with Crippen molar-refractivity contribution in [1.82, 2.24) is 20.6 Å². The van der Waals surface area contributed by atoms with Crippen LogP contribution in [0, 0.1) is 0 Å². The smallest absolute Gasteiger partial charge is 0.276 e. The zero-order valence-electron chi connectivity index (χ0n) is 14.5. The first-order chi connectivity index (χ1) is 12.2. The molecule has 27 heavy (non-hydrogen) atoms. The molecule has 140 valence electrons. The summed E-state index contributed by atoms with van der Waals surface area (Å²) in [7, 11) is 0. The van der Waals surface area contributed by atoms with E-state index < -0.39 is 0 Å². The molecule has 0 saturated heterocycles.